The summed E-state index contributed by atoms with van der Waals surface area (Å²) in [5.74, 6) is -0.946. The van der Waals surface area contributed by atoms with Crippen LogP contribution in [0.4, 0.5) is 4.79 Å². The van der Waals surface area contributed by atoms with Gasteiger partial charge in [0.2, 0.25) is 0 Å². The third-order valence-corrected chi connectivity index (χ3v) is 4.79. The van der Waals surface area contributed by atoms with E-state index in [0.29, 0.717) is 0 Å². The predicted octanol–water partition coefficient (Wildman–Crippen LogP) is 1.98. The molecule has 0 fully saturated rings. The number of hydrogen-bond acceptors (Lipinski definition) is 6. The summed E-state index contributed by atoms with van der Waals surface area (Å²) in [7, 11) is -3.43. The first-order chi connectivity index (χ1) is 10.2. The van der Waals surface area contributed by atoms with E-state index in [-0.39, 0.29) is 6.61 Å². The second kappa shape index (κ2) is 7.40. The van der Waals surface area contributed by atoms with Gasteiger partial charge in [-0.15, -0.1) is 0 Å². The zero-order valence-corrected chi connectivity index (χ0v) is 13.3. The molecule has 0 aliphatic rings. The highest BCUT2D eigenvalue weighted by molar-refractivity contribution is 7.55. The lowest BCUT2D eigenvalue weighted by Gasteiger charge is -2.25. The summed E-state index contributed by atoms with van der Waals surface area (Å²) in [6.07, 6.45) is -1.06. The molecule has 0 spiro atoms. The summed E-state index contributed by atoms with van der Waals surface area (Å²) in [5.41, 5.74) is 2.43. The minimum atomic E-state index is -4.50. The molecule has 0 bridgehead atoms. The topological polar surface area (TPSA) is 111 Å². The van der Waals surface area contributed by atoms with Crippen molar-refractivity contribution < 1.29 is 33.1 Å². The first kappa shape index (κ1) is 18.2. The van der Waals surface area contributed by atoms with Crippen molar-refractivity contribution in [2.45, 2.75) is 25.6 Å². The van der Waals surface area contributed by atoms with Crippen LogP contribution in [0, 0.1) is 0 Å². The molecule has 0 aliphatic heterocycles. The van der Waals surface area contributed by atoms with Gasteiger partial charge in [-0.05, 0) is 19.4 Å². The molecule has 1 unspecified atom stereocenters. The van der Waals surface area contributed by atoms with Crippen molar-refractivity contribution in [1.82, 2.24) is 5.48 Å². The molecule has 0 saturated carbocycles. The average Bonchev–Trinajstić information content (AvgIpc) is 2.50. The Labute approximate surface area is 127 Å². The van der Waals surface area contributed by atoms with Crippen molar-refractivity contribution in [3.05, 3.63) is 35.9 Å². The number of nitrogens with one attached hydrogen (secondary N) is 1. The summed E-state index contributed by atoms with van der Waals surface area (Å²) in [4.78, 5) is 32.6. The predicted molar refractivity (Wildman–Crippen MR) is 76.8 cm³/mol. The summed E-state index contributed by atoms with van der Waals surface area (Å²) in [6.45, 7) is 2.29. The van der Waals surface area contributed by atoms with Gasteiger partial charge in [0.1, 0.15) is 6.61 Å². The quantitative estimate of drug-likeness (QED) is 0.466. The number of hydrogen-bond donors (Lipinski definition) is 2. The van der Waals surface area contributed by atoms with E-state index in [1.54, 1.807) is 29.7 Å². The molecule has 1 aromatic rings. The van der Waals surface area contributed by atoms with Crippen LogP contribution in [0.3, 0.4) is 0 Å². The van der Waals surface area contributed by atoms with Crippen LogP contribution in [0.2, 0.25) is 0 Å². The first-order valence-corrected chi connectivity index (χ1v) is 7.85. The van der Waals surface area contributed by atoms with Crippen LogP contribution >= 0.6 is 7.60 Å². The fourth-order valence-electron chi connectivity index (χ4n) is 1.33. The maximum atomic E-state index is 12.0. The molecule has 1 rings (SSSR count). The maximum absolute atomic E-state index is 12.0. The molecular weight excluding hydrogens is 313 g/mol. The third kappa shape index (κ3) is 4.56. The van der Waals surface area contributed by atoms with Crippen LogP contribution in [0.1, 0.15) is 19.4 Å². The molecule has 8 nitrogen and oxygen atoms in total. The smallest absolute Gasteiger partial charge is 0.432 e. The lowest BCUT2D eigenvalue weighted by Crippen LogP contribution is -2.36. The van der Waals surface area contributed by atoms with Gasteiger partial charge in [-0.3, -0.25) is 9.36 Å². The Kier molecular flexibility index (Phi) is 6.11. The van der Waals surface area contributed by atoms with Crippen molar-refractivity contribution in [2.75, 3.05) is 7.11 Å². The number of rotatable bonds is 6. The van der Waals surface area contributed by atoms with Crippen LogP contribution in [0.5, 0.6) is 0 Å². The van der Waals surface area contributed by atoms with Gasteiger partial charge in [0.05, 0.1) is 7.11 Å². The Balaban J connectivity index is 2.52. The Hall–Kier alpha value is -1.89. The second-order valence-electron chi connectivity index (χ2n) is 4.83. The summed E-state index contributed by atoms with van der Waals surface area (Å²) >= 11 is 0. The molecule has 0 aromatic heterocycles. The van der Waals surface area contributed by atoms with Gasteiger partial charge in [0.25, 0.3) is 0 Å². The van der Waals surface area contributed by atoms with Gasteiger partial charge in [0.15, 0.2) is 5.16 Å². The highest BCUT2D eigenvalue weighted by Gasteiger charge is 2.49. The number of benzene rings is 1. The maximum Gasteiger partial charge on any atom is 0.432 e. The second-order valence-corrected chi connectivity index (χ2v) is 7.17. The van der Waals surface area contributed by atoms with Crippen LogP contribution in [0.15, 0.2) is 30.3 Å². The van der Waals surface area contributed by atoms with Crippen molar-refractivity contribution in [2.24, 2.45) is 0 Å². The molecule has 0 saturated heterocycles. The molecule has 22 heavy (non-hydrogen) atoms. The molecule has 0 aliphatic carbocycles. The van der Waals surface area contributed by atoms with Crippen LogP contribution in [-0.4, -0.2) is 29.2 Å². The molecular formula is C13H18NO7P. The van der Waals surface area contributed by atoms with E-state index in [4.69, 9.17) is 4.74 Å². The molecule has 0 heterocycles. The Bertz CT molecular complexity index is 573. The fourth-order valence-corrected chi connectivity index (χ4v) is 2.08. The minimum absolute atomic E-state index is 0.0356. The normalized spacial score (nSPS) is 13.8. The number of carbonyl (C=O) groups excluding carboxylic acids is 2. The lowest BCUT2D eigenvalue weighted by molar-refractivity contribution is -0.143. The van der Waals surface area contributed by atoms with Crippen molar-refractivity contribution in [1.29, 1.82) is 0 Å². The van der Waals surface area contributed by atoms with Gasteiger partial charge in [-0.25, -0.2) is 4.79 Å². The van der Waals surface area contributed by atoms with Gasteiger partial charge < -0.3 is 14.4 Å². The number of hydroxylamine groups is 1. The number of amides is 1. The zero-order valence-electron chi connectivity index (χ0n) is 12.4. The Morgan fingerprint density at radius 2 is 1.86 bits per heavy atom. The fraction of sp³-hybridized carbons (Fsp3) is 0.385. The van der Waals surface area contributed by atoms with E-state index >= 15 is 0 Å². The highest BCUT2D eigenvalue weighted by atomic mass is 31.2. The summed E-state index contributed by atoms with van der Waals surface area (Å²) < 4.78 is 25.6. The highest BCUT2D eigenvalue weighted by Crippen LogP contribution is 2.54. The standard InChI is InChI=1S/C13H18NO7P/c1-13(2,11(15)19-3)22(17,18)21-14-12(16)20-9-10-7-5-4-6-8-10/h4-8H,9H2,1-3H3,(H,14,16)(H,17,18). The molecule has 2 N–H and O–H groups in total. The number of carbonyl (C=O) groups is 2. The van der Waals surface area contributed by atoms with E-state index in [9.17, 15) is 19.0 Å². The van der Waals surface area contributed by atoms with E-state index in [1.165, 1.54) is 0 Å². The molecule has 1 aromatic carbocycles. The number of methoxy groups -OCH3 is 1. The van der Waals surface area contributed by atoms with Crippen molar-refractivity contribution >= 4 is 19.7 Å². The van der Waals surface area contributed by atoms with Crippen molar-refractivity contribution in [3.8, 4) is 0 Å². The SMILES string of the molecule is COC(=O)C(C)(C)P(=O)(O)ONC(=O)OCc1ccccc1. The van der Waals surface area contributed by atoms with Gasteiger partial charge in [-0.2, -0.15) is 10.1 Å². The number of ether oxygens (including phenoxy) is 2. The largest absolute Gasteiger partial charge is 0.468 e. The summed E-state index contributed by atoms with van der Waals surface area (Å²) in [6, 6.07) is 8.84. The first-order valence-electron chi connectivity index (χ1n) is 6.27. The van der Waals surface area contributed by atoms with Gasteiger partial charge in [-0.1, -0.05) is 30.3 Å². The van der Waals surface area contributed by atoms with Crippen LogP contribution in [-0.2, 0) is 30.1 Å². The van der Waals surface area contributed by atoms with Crippen LogP contribution in [0.25, 0.3) is 0 Å². The summed E-state index contributed by atoms with van der Waals surface area (Å²) in [5, 5.41) is -1.84. The van der Waals surface area contributed by atoms with Gasteiger partial charge in [0, 0.05) is 0 Å². The zero-order chi connectivity index (χ0) is 16.8. The Morgan fingerprint density at radius 1 is 1.27 bits per heavy atom. The monoisotopic (exact) mass is 331 g/mol. The van der Waals surface area contributed by atoms with E-state index in [0.717, 1.165) is 26.5 Å². The third-order valence-electron chi connectivity index (χ3n) is 2.86. The van der Waals surface area contributed by atoms with E-state index in [1.807, 2.05) is 6.07 Å². The molecule has 122 valence electrons. The molecule has 1 atom stereocenters. The molecule has 0 radical (unpaired) electrons. The average molecular weight is 331 g/mol. The minimum Gasteiger partial charge on any atom is -0.468 e. The van der Waals surface area contributed by atoms with Crippen LogP contribution < -0.4 is 5.48 Å². The van der Waals surface area contributed by atoms with Gasteiger partial charge >= 0.3 is 19.7 Å². The lowest BCUT2D eigenvalue weighted by atomic mass is 10.2. The van der Waals surface area contributed by atoms with E-state index < -0.39 is 24.8 Å². The Morgan fingerprint density at radius 3 is 2.41 bits per heavy atom. The molecule has 9 heteroatoms. The van der Waals surface area contributed by atoms with Crippen molar-refractivity contribution in [3.63, 3.8) is 0 Å². The number of esters is 1. The van der Waals surface area contributed by atoms with E-state index in [2.05, 4.69) is 9.36 Å². The molecule has 1 amide bonds.